The Bertz CT molecular complexity index is 630. The molecular weight excluding hydrogens is 332 g/mol. The molecule has 4 aliphatic rings. The van der Waals surface area contributed by atoms with E-state index in [-0.39, 0.29) is 0 Å². The quantitative estimate of drug-likeness (QED) is 0.820. The summed E-state index contributed by atoms with van der Waals surface area (Å²) in [5.41, 5.74) is 1.18. The maximum atomic E-state index is 12.9. The van der Waals surface area contributed by atoms with Gasteiger partial charge in [0.05, 0.1) is 6.04 Å². The Morgan fingerprint density at radius 2 is 2.08 bits per heavy atom. The van der Waals surface area contributed by atoms with Gasteiger partial charge in [0, 0.05) is 30.7 Å². The van der Waals surface area contributed by atoms with Gasteiger partial charge in [0.2, 0.25) is 5.91 Å². The molecule has 5 heteroatoms. The molecule has 4 saturated heterocycles. The topological polar surface area (TPSA) is 43.8 Å². The molecule has 0 saturated carbocycles. The van der Waals surface area contributed by atoms with Crippen LogP contribution < -0.4 is 0 Å². The van der Waals surface area contributed by atoms with Gasteiger partial charge in [-0.2, -0.15) is 11.8 Å². The van der Waals surface area contributed by atoms with Gasteiger partial charge in [0.25, 0.3) is 0 Å². The number of hydrogen-bond acceptors (Lipinski definition) is 4. The molecule has 1 aromatic rings. The van der Waals surface area contributed by atoms with E-state index in [2.05, 4.69) is 22.8 Å². The predicted molar refractivity (Wildman–Crippen MR) is 102 cm³/mol. The molecule has 0 spiro atoms. The molecule has 4 aliphatic heterocycles. The predicted octanol–water partition coefficient (Wildman–Crippen LogP) is 2.92. The van der Waals surface area contributed by atoms with Crippen LogP contribution in [0.4, 0.5) is 0 Å². The largest absolute Gasteiger partial charge is 0.508 e. The van der Waals surface area contributed by atoms with E-state index in [0.717, 1.165) is 31.1 Å². The third kappa shape index (κ3) is 3.17. The molecule has 4 fully saturated rings. The number of likely N-dealkylation sites (tertiary alicyclic amines) is 1. The number of benzene rings is 1. The lowest BCUT2D eigenvalue weighted by Crippen LogP contribution is -2.60. The van der Waals surface area contributed by atoms with Crippen LogP contribution in [0.5, 0.6) is 5.75 Å². The van der Waals surface area contributed by atoms with E-state index in [9.17, 15) is 9.90 Å². The first-order chi connectivity index (χ1) is 12.2. The molecule has 0 aliphatic carbocycles. The van der Waals surface area contributed by atoms with Crippen LogP contribution in [0.15, 0.2) is 24.3 Å². The highest BCUT2D eigenvalue weighted by Gasteiger charge is 2.54. The van der Waals surface area contributed by atoms with Gasteiger partial charge in [-0.05, 0) is 55.3 Å². The van der Waals surface area contributed by atoms with Crippen LogP contribution in [0.2, 0.25) is 0 Å². The minimum Gasteiger partial charge on any atom is -0.508 e. The van der Waals surface area contributed by atoms with Crippen LogP contribution in [0.1, 0.15) is 37.7 Å². The second-order valence-electron chi connectivity index (χ2n) is 7.55. The van der Waals surface area contributed by atoms with Gasteiger partial charge in [-0.1, -0.05) is 19.1 Å². The standard InChI is InChI=1S/C20H28N2O2S/c1-2-25-11-8-18(24)22-13-17(15-4-3-5-16(23)12-15)20-19(22)14-6-9-21(20)10-7-14/h3-5,12,14,17,19-20,23H,2,6-11,13H2,1H3/t17-,19+,20+/m1/s1. The third-order valence-corrected chi connectivity index (χ3v) is 7.18. The third-order valence-electron chi connectivity index (χ3n) is 6.28. The molecule has 25 heavy (non-hydrogen) atoms. The number of carbonyl (C=O) groups is 1. The summed E-state index contributed by atoms with van der Waals surface area (Å²) in [5, 5.41) is 9.92. The van der Waals surface area contributed by atoms with E-state index in [1.54, 1.807) is 6.07 Å². The van der Waals surface area contributed by atoms with Crippen molar-refractivity contribution in [2.45, 2.75) is 44.2 Å². The first-order valence-electron chi connectivity index (χ1n) is 9.59. The van der Waals surface area contributed by atoms with E-state index in [1.807, 2.05) is 23.9 Å². The van der Waals surface area contributed by atoms with Crippen LogP contribution in [-0.2, 0) is 4.79 Å². The monoisotopic (exact) mass is 360 g/mol. The molecule has 1 amide bonds. The average Bonchev–Trinajstić information content (AvgIpc) is 3.06. The minimum atomic E-state index is 0.322. The fourth-order valence-electron chi connectivity index (χ4n) is 5.20. The number of rotatable bonds is 5. The van der Waals surface area contributed by atoms with Gasteiger partial charge in [-0.25, -0.2) is 0 Å². The van der Waals surface area contributed by atoms with Crippen molar-refractivity contribution >= 4 is 17.7 Å². The summed E-state index contributed by atoms with van der Waals surface area (Å²) in [7, 11) is 0. The van der Waals surface area contributed by atoms with Gasteiger partial charge in [-0.15, -0.1) is 0 Å². The first-order valence-corrected chi connectivity index (χ1v) is 10.7. The summed E-state index contributed by atoms with van der Waals surface area (Å²) in [5.74, 6) is 3.63. The fourth-order valence-corrected chi connectivity index (χ4v) is 5.81. The molecule has 0 unspecified atom stereocenters. The number of phenolic OH excluding ortho intramolecular Hbond substituents is 1. The van der Waals surface area contributed by atoms with Crippen LogP contribution in [-0.4, -0.2) is 64.0 Å². The summed E-state index contributed by atoms with van der Waals surface area (Å²) >= 11 is 1.85. The number of nitrogens with zero attached hydrogens (tertiary/aromatic N) is 2. The van der Waals surface area contributed by atoms with Crippen molar-refractivity contribution in [3.63, 3.8) is 0 Å². The van der Waals surface area contributed by atoms with Crippen LogP contribution in [0.3, 0.4) is 0 Å². The van der Waals surface area contributed by atoms with Gasteiger partial charge in [-0.3, -0.25) is 9.69 Å². The highest BCUT2D eigenvalue weighted by Crippen LogP contribution is 2.47. The molecule has 1 aromatic carbocycles. The zero-order chi connectivity index (χ0) is 17.4. The summed E-state index contributed by atoms with van der Waals surface area (Å²) in [6.07, 6.45) is 3.10. The lowest BCUT2D eigenvalue weighted by molar-refractivity contribution is -0.135. The molecule has 136 valence electrons. The van der Waals surface area contributed by atoms with Crippen LogP contribution in [0.25, 0.3) is 0 Å². The van der Waals surface area contributed by atoms with E-state index < -0.39 is 0 Å². The van der Waals surface area contributed by atoms with E-state index in [1.165, 1.54) is 18.4 Å². The summed E-state index contributed by atoms with van der Waals surface area (Å²) in [4.78, 5) is 17.7. The number of fused-ring (bicyclic) bond motifs is 2. The normalized spacial score (nSPS) is 33.5. The van der Waals surface area contributed by atoms with Crippen molar-refractivity contribution in [1.29, 1.82) is 0 Å². The molecule has 4 nitrogen and oxygen atoms in total. The van der Waals surface area contributed by atoms with Crippen LogP contribution in [0, 0.1) is 5.92 Å². The van der Waals surface area contributed by atoms with E-state index in [4.69, 9.17) is 0 Å². The average molecular weight is 361 g/mol. The summed E-state index contributed by atoms with van der Waals surface area (Å²) < 4.78 is 0. The van der Waals surface area contributed by atoms with Crippen molar-refractivity contribution in [2.75, 3.05) is 31.1 Å². The second-order valence-corrected chi connectivity index (χ2v) is 8.94. The number of hydrogen-bond donors (Lipinski definition) is 1. The van der Waals surface area contributed by atoms with Crippen LogP contribution >= 0.6 is 11.8 Å². The Balaban J connectivity index is 1.60. The second kappa shape index (κ2) is 7.20. The molecule has 3 atom stereocenters. The highest BCUT2D eigenvalue weighted by molar-refractivity contribution is 7.99. The van der Waals surface area contributed by atoms with Crippen molar-refractivity contribution < 1.29 is 9.90 Å². The van der Waals surface area contributed by atoms with E-state index in [0.29, 0.717) is 42.0 Å². The van der Waals surface area contributed by atoms with Gasteiger partial charge >= 0.3 is 0 Å². The summed E-state index contributed by atoms with van der Waals surface area (Å²) in [6.45, 7) is 5.28. The number of amides is 1. The maximum Gasteiger partial charge on any atom is 0.223 e. The maximum absolute atomic E-state index is 12.9. The molecule has 2 bridgehead atoms. The Hall–Kier alpha value is -1.20. The van der Waals surface area contributed by atoms with Crippen molar-refractivity contribution in [2.24, 2.45) is 5.92 Å². The molecule has 4 heterocycles. The zero-order valence-corrected chi connectivity index (χ0v) is 15.8. The smallest absolute Gasteiger partial charge is 0.223 e. The Labute approximate surface area is 154 Å². The van der Waals surface area contributed by atoms with Crippen molar-refractivity contribution in [3.8, 4) is 5.75 Å². The van der Waals surface area contributed by atoms with Crippen molar-refractivity contribution in [3.05, 3.63) is 29.8 Å². The minimum absolute atomic E-state index is 0.322. The number of thioether (sulfide) groups is 1. The zero-order valence-electron chi connectivity index (χ0n) is 14.9. The number of carbonyl (C=O) groups excluding carboxylic acids is 1. The first kappa shape index (κ1) is 17.2. The van der Waals surface area contributed by atoms with Gasteiger partial charge < -0.3 is 10.0 Å². The highest BCUT2D eigenvalue weighted by atomic mass is 32.2. The molecule has 0 aromatic heterocycles. The SMILES string of the molecule is CCSCCC(=O)N1C[C@H](c2cccc(O)c2)[C@H]2[C@@H]1C1CCN2CC1. The Morgan fingerprint density at radius 1 is 1.28 bits per heavy atom. The number of phenols is 1. The fraction of sp³-hybridized carbons (Fsp3) is 0.650. The molecular formula is C20H28N2O2S. The van der Waals surface area contributed by atoms with Crippen molar-refractivity contribution in [1.82, 2.24) is 9.80 Å². The lowest BCUT2D eigenvalue weighted by atomic mass is 9.75. The molecule has 1 N–H and O–H groups in total. The van der Waals surface area contributed by atoms with Gasteiger partial charge in [0.15, 0.2) is 0 Å². The number of aromatic hydroxyl groups is 1. The molecule has 0 radical (unpaired) electrons. The molecule has 5 rings (SSSR count). The van der Waals surface area contributed by atoms with E-state index >= 15 is 0 Å². The Kier molecular flexibility index (Phi) is 4.96. The lowest BCUT2D eigenvalue weighted by Gasteiger charge is -2.51. The Morgan fingerprint density at radius 3 is 2.80 bits per heavy atom. The number of piperidine rings is 3. The van der Waals surface area contributed by atoms with Gasteiger partial charge in [0.1, 0.15) is 5.75 Å². The summed E-state index contributed by atoms with van der Waals surface area (Å²) in [6, 6.07) is 8.47.